The first-order valence-electron chi connectivity index (χ1n) is 6.80. The Labute approximate surface area is 125 Å². The highest BCUT2D eigenvalue weighted by atomic mass is 35.5. The molecule has 0 aromatic heterocycles. The Bertz CT molecular complexity index is 537. The zero-order valence-corrected chi connectivity index (χ0v) is 12.7. The summed E-state index contributed by atoms with van der Waals surface area (Å²) in [4.78, 5) is 2.20. The Balaban J connectivity index is 1.96. The lowest BCUT2D eigenvalue weighted by molar-refractivity contribution is 0.400. The lowest BCUT2D eigenvalue weighted by Crippen LogP contribution is -2.13. The summed E-state index contributed by atoms with van der Waals surface area (Å²) < 4.78 is 5.83. The summed E-state index contributed by atoms with van der Waals surface area (Å²) in [6, 6.07) is 15.7. The van der Waals surface area contributed by atoms with Crippen LogP contribution in [0.3, 0.4) is 0 Å². The van der Waals surface area contributed by atoms with Crippen LogP contribution in [0.5, 0.6) is 11.5 Å². The van der Waals surface area contributed by atoms with Crippen molar-refractivity contribution in [2.45, 2.75) is 12.8 Å². The minimum atomic E-state index is 0.717. The van der Waals surface area contributed by atoms with Crippen LogP contribution in [-0.4, -0.2) is 25.5 Å². The van der Waals surface area contributed by atoms with Gasteiger partial charge in [0.05, 0.1) is 0 Å². The molecule has 3 heteroatoms. The summed E-state index contributed by atoms with van der Waals surface area (Å²) in [5, 5.41) is 0.717. The van der Waals surface area contributed by atoms with Crippen LogP contribution < -0.4 is 4.74 Å². The van der Waals surface area contributed by atoms with E-state index in [9.17, 15) is 0 Å². The molecule has 0 saturated carbocycles. The van der Waals surface area contributed by atoms with Crippen molar-refractivity contribution >= 4 is 11.6 Å². The average molecular weight is 290 g/mol. The monoisotopic (exact) mass is 289 g/mol. The molecular weight excluding hydrogens is 270 g/mol. The van der Waals surface area contributed by atoms with E-state index in [1.54, 1.807) is 0 Å². The fraction of sp³-hybridized carbons (Fsp3) is 0.294. The van der Waals surface area contributed by atoms with Crippen molar-refractivity contribution in [2.24, 2.45) is 0 Å². The van der Waals surface area contributed by atoms with Crippen LogP contribution in [0.25, 0.3) is 0 Å². The van der Waals surface area contributed by atoms with E-state index >= 15 is 0 Å². The Morgan fingerprint density at radius 3 is 2.45 bits per heavy atom. The van der Waals surface area contributed by atoms with Crippen LogP contribution in [0.2, 0.25) is 5.02 Å². The van der Waals surface area contributed by atoms with Gasteiger partial charge in [0, 0.05) is 5.02 Å². The van der Waals surface area contributed by atoms with E-state index in [4.69, 9.17) is 16.3 Å². The third kappa shape index (κ3) is 4.87. The molecule has 0 atom stereocenters. The molecule has 0 aliphatic heterocycles. The summed E-state index contributed by atoms with van der Waals surface area (Å²) >= 11 is 5.86. The topological polar surface area (TPSA) is 12.5 Å². The van der Waals surface area contributed by atoms with E-state index < -0.39 is 0 Å². The Morgan fingerprint density at radius 2 is 1.75 bits per heavy atom. The van der Waals surface area contributed by atoms with E-state index in [0.717, 1.165) is 35.9 Å². The van der Waals surface area contributed by atoms with Crippen LogP contribution in [0.4, 0.5) is 0 Å². The number of rotatable bonds is 6. The smallest absolute Gasteiger partial charge is 0.127 e. The predicted octanol–water partition coefficient (Wildman–Crippen LogP) is 4.63. The third-order valence-electron chi connectivity index (χ3n) is 3.02. The Kier molecular flexibility index (Phi) is 5.45. The van der Waals surface area contributed by atoms with E-state index in [1.807, 2.05) is 36.4 Å². The van der Waals surface area contributed by atoms with Gasteiger partial charge in [-0.25, -0.2) is 0 Å². The first kappa shape index (κ1) is 14.9. The van der Waals surface area contributed by atoms with E-state index in [-0.39, 0.29) is 0 Å². The van der Waals surface area contributed by atoms with Gasteiger partial charge in [-0.1, -0.05) is 23.7 Å². The molecule has 20 heavy (non-hydrogen) atoms. The van der Waals surface area contributed by atoms with Gasteiger partial charge in [0.25, 0.3) is 0 Å². The Hall–Kier alpha value is -1.51. The van der Waals surface area contributed by atoms with Crippen molar-refractivity contribution in [1.82, 2.24) is 4.90 Å². The minimum Gasteiger partial charge on any atom is -0.457 e. The largest absolute Gasteiger partial charge is 0.457 e. The zero-order chi connectivity index (χ0) is 14.4. The van der Waals surface area contributed by atoms with Gasteiger partial charge in [-0.15, -0.1) is 0 Å². The van der Waals surface area contributed by atoms with Gasteiger partial charge in [-0.2, -0.15) is 0 Å². The highest BCUT2D eigenvalue weighted by molar-refractivity contribution is 6.30. The van der Waals surface area contributed by atoms with Crippen molar-refractivity contribution in [3.63, 3.8) is 0 Å². The molecular formula is C17H20ClNO. The Morgan fingerprint density at radius 1 is 1.00 bits per heavy atom. The molecule has 0 heterocycles. The minimum absolute atomic E-state index is 0.717. The molecule has 0 aliphatic rings. The number of ether oxygens (including phenoxy) is 1. The molecule has 0 saturated heterocycles. The number of hydrogen-bond acceptors (Lipinski definition) is 2. The molecule has 106 valence electrons. The normalized spacial score (nSPS) is 10.8. The van der Waals surface area contributed by atoms with Crippen LogP contribution in [0.15, 0.2) is 48.5 Å². The van der Waals surface area contributed by atoms with Gasteiger partial charge in [0.15, 0.2) is 0 Å². The van der Waals surface area contributed by atoms with Gasteiger partial charge in [-0.05, 0) is 75.4 Å². The highest BCUT2D eigenvalue weighted by Crippen LogP contribution is 2.24. The van der Waals surface area contributed by atoms with Crippen molar-refractivity contribution in [3.05, 3.63) is 59.1 Å². The van der Waals surface area contributed by atoms with Gasteiger partial charge in [-0.3, -0.25) is 0 Å². The fourth-order valence-corrected chi connectivity index (χ4v) is 2.13. The summed E-state index contributed by atoms with van der Waals surface area (Å²) in [6.45, 7) is 1.10. The van der Waals surface area contributed by atoms with Crippen LogP contribution in [0.1, 0.15) is 12.0 Å². The van der Waals surface area contributed by atoms with Gasteiger partial charge in [0.1, 0.15) is 11.5 Å². The molecule has 0 unspecified atom stereocenters. The molecule has 0 radical (unpaired) electrons. The summed E-state index contributed by atoms with van der Waals surface area (Å²) in [5.74, 6) is 1.68. The van der Waals surface area contributed by atoms with Crippen LogP contribution in [-0.2, 0) is 6.42 Å². The predicted molar refractivity (Wildman–Crippen MR) is 84.8 cm³/mol. The standard InChI is InChI=1S/C17H20ClNO/c1-19(2)12-4-6-14-5-3-7-17(13-14)20-16-10-8-15(18)9-11-16/h3,5,7-11,13H,4,6,12H2,1-2H3. The lowest BCUT2D eigenvalue weighted by Gasteiger charge is -2.10. The quantitative estimate of drug-likeness (QED) is 0.769. The molecule has 0 bridgehead atoms. The number of hydrogen-bond donors (Lipinski definition) is 0. The number of halogens is 1. The molecule has 2 nitrogen and oxygen atoms in total. The second-order valence-electron chi connectivity index (χ2n) is 5.11. The third-order valence-corrected chi connectivity index (χ3v) is 3.27. The molecule has 0 fully saturated rings. The van der Waals surface area contributed by atoms with Crippen molar-refractivity contribution in [2.75, 3.05) is 20.6 Å². The highest BCUT2D eigenvalue weighted by Gasteiger charge is 2.00. The SMILES string of the molecule is CN(C)CCCc1cccc(Oc2ccc(Cl)cc2)c1. The summed E-state index contributed by atoms with van der Waals surface area (Å²) in [6.07, 6.45) is 2.22. The van der Waals surface area contributed by atoms with Crippen molar-refractivity contribution in [1.29, 1.82) is 0 Å². The molecule has 0 spiro atoms. The number of benzene rings is 2. The van der Waals surface area contributed by atoms with E-state index in [1.165, 1.54) is 5.56 Å². The molecule has 0 amide bonds. The lowest BCUT2D eigenvalue weighted by atomic mass is 10.1. The summed E-state index contributed by atoms with van der Waals surface area (Å²) in [5.41, 5.74) is 1.30. The summed E-state index contributed by atoms with van der Waals surface area (Å²) in [7, 11) is 4.19. The van der Waals surface area contributed by atoms with Crippen LogP contribution >= 0.6 is 11.6 Å². The molecule has 2 aromatic carbocycles. The van der Waals surface area contributed by atoms with Gasteiger partial charge >= 0.3 is 0 Å². The maximum Gasteiger partial charge on any atom is 0.127 e. The number of nitrogens with zero attached hydrogens (tertiary/aromatic N) is 1. The first-order valence-corrected chi connectivity index (χ1v) is 7.18. The van der Waals surface area contributed by atoms with E-state index in [0.29, 0.717) is 0 Å². The maximum absolute atomic E-state index is 5.86. The molecule has 0 N–H and O–H groups in total. The fourth-order valence-electron chi connectivity index (χ4n) is 2.00. The number of aryl methyl sites for hydroxylation is 1. The molecule has 2 rings (SSSR count). The average Bonchev–Trinajstić information content (AvgIpc) is 2.41. The van der Waals surface area contributed by atoms with Crippen molar-refractivity contribution < 1.29 is 4.74 Å². The first-order chi connectivity index (χ1) is 9.63. The molecule has 0 aliphatic carbocycles. The van der Waals surface area contributed by atoms with Gasteiger partial charge in [0.2, 0.25) is 0 Å². The second-order valence-corrected chi connectivity index (χ2v) is 5.55. The van der Waals surface area contributed by atoms with E-state index in [2.05, 4.69) is 31.1 Å². The van der Waals surface area contributed by atoms with Crippen LogP contribution in [0, 0.1) is 0 Å². The maximum atomic E-state index is 5.86. The van der Waals surface area contributed by atoms with Crippen molar-refractivity contribution in [3.8, 4) is 11.5 Å². The van der Waals surface area contributed by atoms with Gasteiger partial charge < -0.3 is 9.64 Å². The zero-order valence-electron chi connectivity index (χ0n) is 12.0. The second kappa shape index (κ2) is 7.32. The molecule has 2 aromatic rings.